The van der Waals surface area contributed by atoms with Crippen LogP contribution >= 0.6 is 23.2 Å². The molecule has 174 valence electrons. The molecule has 7 nitrogen and oxygen atoms in total. The number of benzene rings is 2. The lowest BCUT2D eigenvalue weighted by Crippen LogP contribution is -2.39. The molecule has 0 radical (unpaired) electrons. The van der Waals surface area contributed by atoms with Crippen molar-refractivity contribution in [2.24, 2.45) is 0 Å². The number of nitrogens with zero attached hydrogens (tertiary/aromatic N) is 2. The number of carbonyl (C=O) groups excluding carboxylic acids is 1. The minimum atomic E-state index is -3.71. The number of hydrogen-bond acceptors (Lipinski definition) is 6. The maximum absolute atomic E-state index is 13.3. The fourth-order valence-electron chi connectivity index (χ4n) is 3.61. The van der Waals surface area contributed by atoms with Gasteiger partial charge < -0.3 is 9.84 Å². The third kappa shape index (κ3) is 6.43. The molecule has 0 aromatic heterocycles. The first-order valence-electron chi connectivity index (χ1n) is 10.2. The van der Waals surface area contributed by atoms with E-state index in [1.165, 1.54) is 4.31 Å². The normalized spacial score (nSPS) is 16.0. The summed E-state index contributed by atoms with van der Waals surface area (Å²) in [4.78, 5) is 13.7. The number of hydrogen-bond donors (Lipinski definition) is 1. The summed E-state index contributed by atoms with van der Waals surface area (Å²) in [5.74, 6) is 0.505. The molecule has 0 bridgehead atoms. The summed E-state index contributed by atoms with van der Waals surface area (Å²) >= 11 is 12.0. The van der Waals surface area contributed by atoms with Crippen molar-refractivity contribution in [3.8, 4) is 5.75 Å². The fourth-order valence-corrected chi connectivity index (χ4v) is 5.31. The lowest BCUT2D eigenvalue weighted by molar-refractivity contribution is -0.116. The number of aliphatic hydroxyl groups is 1. The van der Waals surface area contributed by atoms with Gasteiger partial charge in [-0.15, -0.1) is 0 Å². The highest BCUT2D eigenvalue weighted by Crippen LogP contribution is 2.29. The summed E-state index contributed by atoms with van der Waals surface area (Å²) in [5.41, 5.74) is 1.31. The molecule has 0 amide bonds. The molecule has 1 atom stereocenters. The minimum absolute atomic E-state index is 0.0942. The summed E-state index contributed by atoms with van der Waals surface area (Å²) < 4.78 is 33.3. The molecule has 32 heavy (non-hydrogen) atoms. The van der Waals surface area contributed by atoms with Crippen LogP contribution in [0.2, 0.25) is 10.0 Å². The Morgan fingerprint density at radius 1 is 1.16 bits per heavy atom. The third-order valence-corrected chi connectivity index (χ3v) is 7.94. The smallest absolute Gasteiger partial charge is 0.218 e. The molecule has 1 aliphatic heterocycles. The first-order chi connectivity index (χ1) is 15.2. The predicted molar refractivity (Wildman–Crippen MR) is 125 cm³/mol. The molecule has 1 heterocycles. The largest absolute Gasteiger partial charge is 0.491 e. The van der Waals surface area contributed by atoms with Gasteiger partial charge >= 0.3 is 0 Å². The molecule has 0 aliphatic carbocycles. The monoisotopic (exact) mass is 500 g/mol. The van der Waals surface area contributed by atoms with Crippen LogP contribution in [0.4, 0.5) is 0 Å². The zero-order chi connectivity index (χ0) is 23.3. The summed E-state index contributed by atoms with van der Waals surface area (Å²) in [6.45, 7) is 1.39. The Morgan fingerprint density at radius 3 is 2.47 bits per heavy atom. The van der Waals surface area contributed by atoms with Crippen molar-refractivity contribution in [3.63, 3.8) is 0 Å². The summed E-state index contributed by atoms with van der Waals surface area (Å²) in [6.07, 6.45) is 0.473. The first kappa shape index (κ1) is 25.0. The van der Waals surface area contributed by atoms with Crippen LogP contribution in [0.5, 0.6) is 5.75 Å². The topological polar surface area (TPSA) is 87.2 Å². The van der Waals surface area contributed by atoms with Crippen molar-refractivity contribution in [1.29, 1.82) is 0 Å². The van der Waals surface area contributed by atoms with E-state index in [9.17, 15) is 13.2 Å². The molecule has 10 heteroatoms. The Labute approximate surface area is 198 Å². The number of likely N-dealkylation sites (tertiary alicyclic amines) is 1. The Hall–Kier alpha value is -1.68. The van der Waals surface area contributed by atoms with Gasteiger partial charge in [-0.25, -0.2) is 8.42 Å². The number of Topliss-reactive ketones (excluding diaryl/α,β-unsaturated/α-hetero) is 1. The van der Waals surface area contributed by atoms with Crippen molar-refractivity contribution >= 4 is 39.0 Å². The van der Waals surface area contributed by atoms with Crippen molar-refractivity contribution in [3.05, 3.63) is 63.6 Å². The van der Waals surface area contributed by atoms with Gasteiger partial charge in [-0.1, -0.05) is 41.4 Å². The van der Waals surface area contributed by atoms with Gasteiger partial charge in [-0.05, 0) is 35.4 Å². The van der Waals surface area contributed by atoms with Crippen LogP contribution in [-0.4, -0.2) is 68.4 Å². The van der Waals surface area contributed by atoms with Crippen molar-refractivity contribution in [2.75, 3.05) is 39.9 Å². The van der Waals surface area contributed by atoms with Crippen molar-refractivity contribution < 1.29 is 23.1 Å². The van der Waals surface area contributed by atoms with E-state index in [0.717, 1.165) is 5.56 Å². The van der Waals surface area contributed by atoms with E-state index in [2.05, 4.69) is 0 Å². The van der Waals surface area contributed by atoms with Crippen LogP contribution in [0, 0.1) is 0 Å². The van der Waals surface area contributed by atoms with Crippen molar-refractivity contribution in [2.45, 2.75) is 18.2 Å². The molecule has 1 N–H and O–H groups in total. The zero-order valence-corrected chi connectivity index (χ0v) is 20.0. The maximum atomic E-state index is 13.3. The number of aliphatic hydroxyl groups excluding tert-OH is 1. The van der Waals surface area contributed by atoms with Crippen molar-refractivity contribution in [1.82, 2.24) is 9.21 Å². The number of rotatable bonds is 10. The summed E-state index contributed by atoms with van der Waals surface area (Å²) in [5, 5.41) is 9.58. The van der Waals surface area contributed by atoms with E-state index in [1.54, 1.807) is 49.5 Å². The highest BCUT2D eigenvalue weighted by Gasteiger charge is 2.31. The molecule has 2 aromatic carbocycles. The first-order valence-corrected chi connectivity index (χ1v) is 12.5. The molecule has 2 aromatic rings. The van der Waals surface area contributed by atoms with Gasteiger partial charge in [0.05, 0.1) is 35.0 Å². The Kier molecular flexibility index (Phi) is 8.55. The number of halogens is 2. The molecule has 1 fully saturated rings. The van der Waals surface area contributed by atoms with Crippen LogP contribution in [0.1, 0.15) is 23.6 Å². The fraction of sp³-hybridized carbons (Fsp3) is 0.409. The average molecular weight is 501 g/mol. The number of ether oxygens (including phenoxy) is 1. The molecule has 0 saturated carbocycles. The molecule has 0 spiro atoms. The average Bonchev–Trinajstić information content (AvgIpc) is 3.17. The van der Waals surface area contributed by atoms with Gasteiger partial charge in [-0.3, -0.25) is 9.69 Å². The molecule has 1 aliphatic rings. The van der Waals surface area contributed by atoms with Gasteiger partial charge in [0.1, 0.15) is 18.1 Å². The van der Waals surface area contributed by atoms with E-state index in [4.69, 9.17) is 33.0 Å². The quantitative estimate of drug-likeness (QED) is 0.539. The Morgan fingerprint density at radius 2 is 1.88 bits per heavy atom. The van der Waals surface area contributed by atoms with Crippen LogP contribution < -0.4 is 4.74 Å². The van der Waals surface area contributed by atoms with Crippen LogP contribution in [-0.2, 0) is 20.6 Å². The molecular weight excluding hydrogens is 475 g/mol. The van der Waals surface area contributed by atoms with Crippen LogP contribution in [0.25, 0.3) is 0 Å². The number of sulfonamides is 1. The highest BCUT2D eigenvalue weighted by molar-refractivity contribution is 7.88. The lowest BCUT2D eigenvalue weighted by Gasteiger charge is -2.31. The SMILES string of the molecule is CN([C@H](CN1CCC(=O)C1)c1ccc(OCCO)cc1)S(=O)(=O)Cc1ccc(Cl)c(Cl)c1. The number of likely N-dealkylation sites (N-methyl/N-ethyl adjacent to an activating group) is 1. The van der Waals surface area contributed by atoms with E-state index in [-0.39, 0.29) is 24.7 Å². The van der Waals surface area contributed by atoms with Gasteiger partial charge in [0.15, 0.2) is 0 Å². The minimum Gasteiger partial charge on any atom is -0.491 e. The molecule has 0 unspecified atom stereocenters. The summed E-state index contributed by atoms with van der Waals surface area (Å²) in [7, 11) is -2.17. The Balaban J connectivity index is 1.85. The van der Waals surface area contributed by atoms with Crippen LogP contribution in [0.15, 0.2) is 42.5 Å². The second-order valence-electron chi connectivity index (χ2n) is 7.70. The van der Waals surface area contributed by atoms with E-state index >= 15 is 0 Å². The summed E-state index contributed by atoms with van der Waals surface area (Å²) in [6, 6.07) is 11.4. The second kappa shape index (κ2) is 11.0. The van der Waals surface area contributed by atoms with E-state index < -0.39 is 16.1 Å². The van der Waals surface area contributed by atoms with Crippen LogP contribution in [0.3, 0.4) is 0 Å². The van der Waals surface area contributed by atoms with Gasteiger partial charge in [0, 0.05) is 26.6 Å². The van der Waals surface area contributed by atoms with Gasteiger partial charge in [0.25, 0.3) is 0 Å². The molecular formula is C22H26Cl2N2O5S. The maximum Gasteiger partial charge on any atom is 0.218 e. The third-order valence-electron chi connectivity index (χ3n) is 5.37. The zero-order valence-electron chi connectivity index (χ0n) is 17.7. The second-order valence-corrected chi connectivity index (χ2v) is 10.5. The number of ketones is 1. The van der Waals surface area contributed by atoms with Gasteiger partial charge in [0.2, 0.25) is 10.0 Å². The number of carbonyl (C=O) groups is 1. The predicted octanol–water partition coefficient (Wildman–Crippen LogP) is 3.14. The molecule has 1 saturated heterocycles. The lowest BCUT2D eigenvalue weighted by atomic mass is 10.1. The molecule has 3 rings (SSSR count). The standard InChI is InChI=1S/C22H26Cl2N2O5S/c1-25(32(29,30)15-16-2-7-20(23)21(24)12-16)22(14-26-9-8-18(28)13-26)17-3-5-19(6-4-17)31-11-10-27/h2-7,12,22,27H,8-11,13-15H2,1H3/t22-/m1/s1. The van der Waals surface area contributed by atoms with Gasteiger partial charge in [-0.2, -0.15) is 4.31 Å². The van der Waals surface area contributed by atoms with E-state index in [0.29, 0.717) is 47.4 Å². The highest BCUT2D eigenvalue weighted by atomic mass is 35.5. The van der Waals surface area contributed by atoms with E-state index in [1.807, 2.05) is 4.90 Å². The Bertz CT molecular complexity index is 1050.